The van der Waals surface area contributed by atoms with Gasteiger partial charge in [-0.15, -0.1) is 10.2 Å². The summed E-state index contributed by atoms with van der Waals surface area (Å²) in [6.45, 7) is 1.15. The minimum absolute atomic E-state index is 0.0197. The van der Waals surface area contributed by atoms with Gasteiger partial charge in [-0.25, -0.2) is 4.68 Å². The van der Waals surface area contributed by atoms with Crippen LogP contribution in [-0.2, 0) is 4.79 Å². The number of ether oxygens (including phenoxy) is 1. The highest BCUT2D eigenvalue weighted by molar-refractivity contribution is 5.91. The molecule has 1 saturated heterocycles. The number of carbonyl (C=O) groups is 1. The van der Waals surface area contributed by atoms with Gasteiger partial charge in [-0.3, -0.25) is 14.9 Å². The molecule has 3 aromatic rings. The van der Waals surface area contributed by atoms with E-state index >= 15 is 0 Å². The first kappa shape index (κ1) is 20.2. The van der Waals surface area contributed by atoms with Gasteiger partial charge >= 0.3 is 0 Å². The molecule has 31 heavy (non-hydrogen) atoms. The number of hydrogen-bond donors (Lipinski definition) is 0. The summed E-state index contributed by atoms with van der Waals surface area (Å²) in [5, 5.41) is 23.0. The zero-order chi connectivity index (χ0) is 21.6. The molecule has 1 aromatic carbocycles. The second-order valence-electron chi connectivity index (χ2n) is 7.00. The van der Waals surface area contributed by atoms with Crippen molar-refractivity contribution in [3.05, 3.63) is 76.6 Å². The van der Waals surface area contributed by atoms with Crippen LogP contribution < -0.4 is 4.74 Å². The third-order valence-electron chi connectivity index (χ3n) is 4.93. The number of nitro benzene ring substituents is 1. The number of benzene rings is 1. The van der Waals surface area contributed by atoms with Gasteiger partial charge in [-0.1, -0.05) is 0 Å². The second kappa shape index (κ2) is 9.16. The molecule has 0 unspecified atom stereocenters. The first-order valence-corrected chi connectivity index (χ1v) is 9.80. The Bertz CT molecular complexity index is 1060. The Morgan fingerprint density at radius 2 is 1.90 bits per heavy atom. The van der Waals surface area contributed by atoms with E-state index in [-0.39, 0.29) is 17.7 Å². The predicted octanol–water partition coefficient (Wildman–Crippen LogP) is 2.65. The molecule has 10 heteroatoms. The number of nitrogens with zero attached hydrogens (tertiary/aromatic N) is 6. The van der Waals surface area contributed by atoms with Crippen LogP contribution in [0.15, 0.2) is 60.9 Å². The van der Waals surface area contributed by atoms with Crippen molar-refractivity contribution in [3.63, 3.8) is 0 Å². The largest absolute Gasteiger partial charge is 0.473 e. The van der Waals surface area contributed by atoms with Crippen LogP contribution in [-0.4, -0.2) is 54.9 Å². The number of nitro groups is 1. The van der Waals surface area contributed by atoms with Crippen LogP contribution in [0, 0.1) is 10.1 Å². The number of hydrogen-bond acceptors (Lipinski definition) is 7. The van der Waals surface area contributed by atoms with Crippen molar-refractivity contribution in [1.29, 1.82) is 0 Å². The maximum Gasteiger partial charge on any atom is 0.269 e. The van der Waals surface area contributed by atoms with Crippen LogP contribution in [0.3, 0.4) is 0 Å². The van der Waals surface area contributed by atoms with Crippen LogP contribution in [0.4, 0.5) is 5.69 Å². The molecular weight excluding hydrogens is 400 g/mol. The fraction of sp³-hybridized carbons (Fsp3) is 0.238. The summed E-state index contributed by atoms with van der Waals surface area (Å²) in [5.41, 5.74) is 0.751. The van der Waals surface area contributed by atoms with Gasteiger partial charge in [0.05, 0.1) is 4.92 Å². The predicted molar refractivity (Wildman–Crippen MR) is 112 cm³/mol. The Labute approximate surface area is 177 Å². The summed E-state index contributed by atoms with van der Waals surface area (Å²) >= 11 is 0. The molecular formula is C21H20N6O4. The summed E-state index contributed by atoms with van der Waals surface area (Å²) < 4.78 is 7.52. The van der Waals surface area contributed by atoms with E-state index in [1.165, 1.54) is 18.2 Å². The van der Waals surface area contributed by atoms with Crippen LogP contribution in [0.5, 0.6) is 5.88 Å². The summed E-state index contributed by atoms with van der Waals surface area (Å²) in [6, 6.07) is 11.4. The molecule has 1 amide bonds. The normalized spacial score (nSPS) is 14.6. The molecule has 0 saturated carbocycles. The maximum absolute atomic E-state index is 12.4. The quantitative estimate of drug-likeness (QED) is 0.342. The molecule has 1 aliphatic rings. The highest BCUT2D eigenvalue weighted by atomic mass is 16.6. The molecule has 0 radical (unpaired) electrons. The van der Waals surface area contributed by atoms with Gasteiger partial charge in [-0.05, 0) is 35.9 Å². The molecule has 4 rings (SSSR count). The Kier molecular flexibility index (Phi) is 5.97. The van der Waals surface area contributed by atoms with Crippen molar-refractivity contribution in [1.82, 2.24) is 24.9 Å². The lowest BCUT2D eigenvalue weighted by molar-refractivity contribution is -0.384. The molecule has 10 nitrogen and oxygen atoms in total. The lowest BCUT2D eigenvalue weighted by Gasteiger charge is -2.31. The Balaban J connectivity index is 1.26. The van der Waals surface area contributed by atoms with Gasteiger partial charge in [-0.2, -0.15) is 5.10 Å². The molecule has 0 bridgehead atoms. The van der Waals surface area contributed by atoms with E-state index in [9.17, 15) is 14.9 Å². The maximum atomic E-state index is 12.4. The summed E-state index contributed by atoms with van der Waals surface area (Å²) in [4.78, 5) is 24.4. The summed E-state index contributed by atoms with van der Waals surface area (Å²) in [7, 11) is 0. The molecule has 158 valence electrons. The van der Waals surface area contributed by atoms with Gasteiger partial charge in [0.25, 0.3) is 5.69 Å². The monoisotopic (exact) mass is 420 g/mol. The second-order valence-corrected chi connectivity index (χ2v) is 7.00. The fourth-order valence-electron chi connectivity index (χ4n) is 3.25. The van der Waals surface area contributed by atoms with Crippen molar-refractivity contribution >= 4 is 17.7 Å². The van der Waals surface area contributed by atoms with Crippen molar-refractivity contribution in [2.24, 2.45) is 0 Å². The number of aromatic nitrogens is 4. The van der Waals surface area contributed by atoms with Crippen LogP contribution in [0.25, 0.3) is 11.9 Å². The zero-order valence-electron chi connectivity index (χ0n) is 16.6. The lowest BCUT2D eigenvalue weighted by Crippen LogP contribution is -2.41. The highest BCUT2D eigenvalue weighted by Crippen LogP contribution is 2.18. The van der Waals surface area contributed by atoms with E-state index in [1.807, 2.05) is 6.07 Å². The van der Waals surface area contributed by atoms with E-state index in [2.05, 4.69) is 15.3 Å². The Morgan fingerprint density at radius 1 is 1.13 bits per heavy atom. The minimum Gasteiger partial charge on any atom is -0.473 e. The summed E-state index contributed by atoms with van der Waals surface area (Å²) in [6.07, 6.45) is 7.95. The number of carbonyl (C=O) groups excluding carboxylic acids is 1. The minimum atomic E-state index is -0.454. The van der Waals surface area contributed by atoms with Crippen LogP contribution in [0.2, 0.25) is 0 Å². The van der Waals surface area contributed by atoms with Crippen LogP contribution in [0.1, 0.15) is 18.4 Å². The SMILES string of the molecule is O=C(/C=C/c1ccc([N+](=O)[O-])cc1)N1CCC(Oc2ccc(-n3cccn3)nn2)CC1. The Hall–Kier alpha value is -4.08. The molecule has 0 atom stereocenters. The average Bonchev–Trinajstić information content (AvgIpc) is 3.34. The zero-order valence-corrected chi connectivity index (χ0v) is 16.6. The van der Waals surface area contributed by atoms with Gasteiger partial charge in [0.1, 0.15) is 6.10 Å². The molecule has 0 aliphatic carbocycles. The van der Waals surface area contributed by atoms with E-state index in [0.717, 1.165) is 5.56 Å². The molecule has 0 N–H and O–H groups in total. The fourth-order valence-corrected chi connectivity index (χ4v) is 3.25. The van der Waals surface area contributed by atoms with Crippen LogP contribution >= 0.6 is 0 Å². The first-order valence-electron chi connectivity index (χ1n) is 9.80. The molecule has 1 aliphatic heterocycles. The third-order valence-corrected chi connectivity index (χ3v) is 4.93. The topological polar surface area (TPSA) is 116 Å². The third kappa shape index (κ3) is 5.10. The van der Waals surface area contributed by atoms with Gasteiger partial charge < -0.3 is 9.64 Å². The highest BCUT2D eigenvalue weighted by Gasteiger charge is 2.23. The number of rotatable bonds is 6. The van der Waals surface area contributed by atoms with Gasteiger partial charge in [0.15, 0.2) is 5.82 Å². The van der Waals surface area contributed by atoms with Crippen molar-refractivity contribution in [2.75, 3.05) is 13.1 Å². The van der Waals surface area contributed by atoms with E-state index in [1.54, 1.807) is 52.3 Å². The molecule has 3 heterocycles. The molecule has 0 spiro atoms. The first-order chi connectivity index (χ1) is 15.1. The summed E-state index contributed by atoms with van der Waals surface area (Å²) in [5.74, 6) is 0.955. The molecule has 2 aromatic heterocycles. The van der Waals surface area contributed by atoms with Crippen molar-refractivity contribution in [3.8, 4) is 11.7 Å². The number of piperidine rings is 1. The smallest absolute Gasteiger partial charge is 0.269 e. The van der Waals surface area contributed by atoms with Gasteiger partial charge in [0, 0.05) is 62.6 Å². The number of non-ortho nitro benzene ring substituents is 1. The Morgan fingerprint density at radius 3 is 2.52 bits per heavy atom. The standard InChI is InChI=1S/C21H20N6O4/c28-21(9-4-16-2-5-17(6-3-16)27(29)30)25-14-10-18(11-15-25)31-20-8-7-19(23-24-20)26-13-1-12-22-26/h1-9,12-13,18H,10-11,14-15H2/b9-4+. The lowest BCUT2D eigenvalue weighted by atomic mass is 10.1. The van der Waals surface area contributed by atoms with Crippen molar-refractivity contribution in [2.45, 2.75) is 18.9 Å². The van der Waals surface area contributed by atoms with E-state index in [0.29, 0.717) is 37.6 Å². The van der Waals surface area contributed by atoms with Crippen molar-refractivity contribution < 1.29 is 14.5 Å². The number of likely N-dealkylation sites (tertiary alicyclic amines) is 1. The average molecular weight is 420 g/mol. The number of amides is 1. The molecule has 1 fully saturated rings. The van der Waals surface area contributed by atoms with E-state index in [4.69, 9.17) is 4.74 Å². The van der Waals surface area contributed by atoms with E-state index < -0.39 is 4.92 Å². The van der Waals surface area contributed by atoms with Gasteiger partial charge in [0.2, 0.25) is 11.8 Å².